The van der Waals surface area contributed by atoms with Gasteiger partial charge in [0, 0.05) is 31.4 Å². The number of carbonyl (C=O) groups excluding carboxylic acids is 1. The number of pyridine rings is 1. The average molecular weight is 269 g/mol. The quantitative estimate of drug-likeness (QED) is 0.877. The van der Waals surface area contributed by atoms with Crippen LogP contribution in [0.3, 0.4) is 0 Å². The third kappa shape index (κ3) is 4.17. The molecule has 0 aliphatic carbocycles. The maximum Gasteiger partial charge on any atom is 0.221 e. The Balaban J connectivity index is 1.98. The lowest BCUT2D eigenvalue weighted by Crippen LogP contribution is -2.19. The second-order valence-electron chi connectivity index (χ2n) is 4.73. The van der Waals surface area contributed by atoms with Gasteiger partial charge in [-0.15, -0.1) is 0 Å². The standard InChI is InChI=1S/C16H19N3O/c1-12(18-11-16-7-3-4-9-17-16)14-6-5-8-15(10-14)19-13(2)20/h3-10,12,18H,11H2,1-2H3,(H,19,20). The summed E-state index contributed by atoms with van der Waals surface area (Å²) in [6.45, 7) is 4.32. The second-order valence-corrected chi connectivity index (χ2v) is 4.73. The molecule has 1 aromatic carbocycles. The van der Waals surface area contributed by atoms with Gasteiger partial charge in [0.1, 0.15) is 0 Å². The normalized spacial score (nSPS) is 11.9. The van der Waals surface area contributed by atoms with E-state index in [1.54, 1.807) is 6.20 Å². The maximum atomic E-state index is 11.1. The molecule has 2 rings (SSSR count). The van der Waals surface area contributed by atoms with Gasteiger partial charge in [-0.05, 0) is 36.8 Å². The number of hydrogen-bond donors (Lipinski definition) is 2. The van der Waals surface area contributed by atoms with E-state index >= 15 is 0 Å². The Morgan fingerprint density at radius 1 is 1.25 bits per heavy atom. The van der Waals surface area contributed by atoms with Gasteiger partial charge in [0.2, 0.25) is 5.91 Å². The Kier molecular flexibility index (Phi) is 4.85. The Morgan fingerprint density at radius 2 is 2.10 bits per heavy atom. The van der Waals surface area contributed by atoms with Gasteiger partial charge in [0.25, 0.3) is 0 Å². The van der Waals surface area contributed by atoms with E-state index in [9.17, 15) is 4.79 Å². The van der Waals surface area contributed by atoms with Gasteiger partial charge >= 0.3 is 0 Å². The van der Waals surface area contributed by atoms with Crippen LogP contribution < -0.4 is 10.6 Å². The van der Waals surface area contributed by atoms with E-state index < -0.39 is 0 Å². The van der Waals surface area contributed by atoms with E-state index in [2.05, 4.69) is 22.5 Å². The highest BCUT2D eigenvalue weighted by Crippen LogP contribution is 2.17. The maximum absolute atomic E-state index is 11.1. The molecule has 0 radical (unpaired) electrons. The molecule has 2 aromatic rings. The zero-order chi connectivity index (χ0) is 14.4. The minimum atomic E-state index is -0.0590. The number of amides is 1. The number of carbonyl (C=O) groups is 1. The molecule has 1 heterocycles. The van der Waals surface area contributed by atoms with Crippen molar-refractivity contribution in [1.82, 2.24) is 10.3 Å². The molecule has 1 amide bonds. The summed E-state index contributed by atoms with van der Waals surface area (Å²) in [5.41, 5.74) is 2.96. The molecule has 0 aliphatic heterocycles. The molecule has 0 aliphatic rings. The topological polar surface area (TPSA) is 54.0 Å². The number of nitrogens with one attached hydrogen (secondary N) is 2. The molecule has 20 heavy (non-hydrogen) atoms. The Morgan fingerprint density at radius 3 is 2.80 bits per heavy atom. The van der Waals surface area contributed by atoms with Crippen molar-refractivity contribution < 1.29 is 4.79 Å². The van der Waals surface area contributed by atoms with Crippen molar-refractivity contribution in [2.24, 2.45) is 0 Å². The van der Waals surface area contributed by atoms with Crippen LogP contribution in [-0.2, 0) is 11.3 Å². The molecular formula is C16H19N3O. The third-order valence-corrected chi connectivity index (χ3v) is 3.02. The Bertz CT molecular complexity index is 569. The van der Waals surface area contributed by atoms with Crippen molar-refractivity contribution in [2.45, 2.75) is 26.4 Å². The zero-order valence-corrected chi connectivity index (χ0v) is 11.8. The number of nitrogens with zero attached hydrogens (tertiary/aromatic N) is 1. The monoisotopic (exact) mass is 269 g/mol. The van der Waals surface area contributed by atoms with Crippen LogP contribution in [-0.4, -0.2) is 10.9 Å². The first-order valence-corrected chi connectivity index (χ1v) is 6.66. The first-order valence-electron chi connectivity index (χ1n) is 6.66. The molecule has 0 saturated carbocycles. The molecule has 0 saturated heterocycles. The van der Waals surface area contributed by atoms with E-state index in [1.165, 1.54) is 6.92 Å². The number of aromatic nitrogens is 1. The molecule has 4 nitrogen and oxygen atoms in total. The molecule has 104 valence electrons. The van der Waals surface area contributed by atoms with Crippen LogP contribution in [0.2, 0.25) is 0 Å². The summed E-state index contributed by atoms with van der Waals surface area (Å²) in [7, 11) is 0. The number of rotatable bonds is 5. The van der Waals surface area contributed by atoms with Gasteiger partial charge in [-0.1, -0.05) is 18.2 Å². The van der Waals surface area contributed by atoms with Crippen LogP contribution >= 0.6 is 0 Å². The fourth-order valence-corrected chi connectivity index (χ4v) is 1.97. The first kappa shape index (κ1) is 14.2. The van der Waals surface area contributed by atoms with Crippen LogP contribution in [0.15, 0.2) is 48.7 Å². The van der Waals surface area contributed by atoms with Crippen LogP contribution in [0.5, 0.6) is 0 Å². The first-order chi connectivity index (χ1) is 9.65. The van der Waals surface area contributed by atoms with E-state index in [0.29, 0.717) is 6.54 Å². The van der Waals surface area contributed by atoms with Gasteiger partial charge in [0.05, 0.1) is 5.69 Å². The van der Waals surface area contributed by atoms with Crippen molar-refractivity contribution in [1.29, 1.82) is 0 Å². The fraction of sp³-hybridized carbons (Fsp3) is 0.250. The lowest BCUT2D eigenvalue weighted by Gasteiger charge is -2.15. The summed E-state index contributed by atoms with van der Waals surface area (Å²) in [6, 6.07) is 13.9. The largest absolute Gasteiger partial charge is 0.326 e. The lowest BCUT2D eigenvalue weighted by molar-refractivity contribution is -0.114. The van der Waals surface area contributed by atoms with Crippen LogP contribution in [0.25, 0.3) is 0 Å². The minimum Gasteiger partial charge on any atom is -0.326 e. The van der Waals surface area contributed by atoms with E-state index in [-0.39, 0.29) is 11.9 Å². The molecule has 1 aromatic heterocycles. The van der Waals surface area contributed by atoms with Crippen LogP contribution in [0.1, 0.15) is 31.1 Å². The summed E-state index contributed by atoms with van der Waals surface area (Å²) in [5, 5.41) is 6.22. The highest BCUT2D eigenvalue weighted by Gasteiger charge is 2.06. The number of anilines is 1. The Labute approximate surface area is 119 Å². The van der Waals surface area contributed by atoms with Crippen molar-refractivity contribution in [3.8, 4) is 0 Å². The van der Waals surface area contributed by atoms with Gasteiger partial charge in [-0.3, -0.25) is 9.78 Å². The third-order valence-electron chi connectivity index (χ3n) is 3.02. The van der Waals surface area contributed by atoms with E-state index in [4.69, 9.17) is 0 Å². The van der Waals surface area contributed by atoms with Crippen LogP contribution in [0, 0.1) is 0 Å². The van der Waals surface area contributed by atoms with Crippen molar-refractivity contribution >= 4 is 11.6 Å². The highest BCUT2D eigenvalue weighted by atomic mass is 16.1. The van der Waals surface area contributed by atoms with Crippen molar-refractivity contribution in [3.05, 3.63) is 59.9 Å². The minimum absolute atomic E-state index is 0.0590. The second kappa shape index (κ2) is 6.82. The molecular weight excluding hydrogens is 250 g/mol. The molecule has 0 fully saturated rings. The average Bonchev–Trinajstić information content (AvgIpc) is 2.45. The molecule has 1 unspecified atom stereocenters. The number of hydrogen-bond acceptors (Lipinski definition) is 3. The van der Waals surface area contributed by atoms with Gasteiger partial charge in [-0.2, -0.15) is 0 Å². The molecule has 2 N–H and O–H groups in total. The van der Waals surface area contributed by atoms with Crippen molar-refractivity contribution in [2.75, 3.05) is 5.32 Å². The molecule has 0 bridgehead atoms. The summed E-state index contributed by atoms with van der Waals surface area (Å²) in [4.78, 5) is 15.4. The fourth-order valence-electron chi connectivity index (χ4n) is 1.97. The van der Waals surface area contributed by atoms with Gasteiger partial charge in [0.15, 0.2) is 0 Å². The molecule has 1 atom stereocenters. The van der Waals surface area contributed by atoms with E-state index in [1.807, 2.05) is 42.5 Å². The predicted molar refractivity (Wildman–Crippen MR) is 80.2 cm³/mol. The smallest absolute Gasteiger partial charge is 0.221 e. The molecule has 0 spiro atoms. The predicted octanol–water partition coefficient (Wildman–Crippen LogP) is 2.89. The summed E-state index contributed by atoms with van der Waals surface area (Å²) < 4.78 is 0. The summed E-state index contributed by atoms with van der Waals surface area (Å²) in [6.07, 6.45) is 1.79. The summed E-state index contributed by atoms with van der Waals surface area (Å²) in [5.74, 6) is -0.0590. The van der Waals surface area contributed by atoms with Gasteiger partial charge < -0.3 is 10.6 Å². The Hall–Kier alpha value is -2.20. The van der Waals surface area contributed by atoms with Crippen LogP contribution in [0.4, 0.5) is 5.69 Å². The summed E-state index contributed by atoms with van der Waals surface area (Å²) >= 11 is 0. The molecule has 4 heteroatoms. The van der Waals surface area contributed by atoms with Crippen molar-refractivity contribution in [3.63, 3.8) is 0 Å². The zero-order valence-electron chi connectivity index (χ0n) is 11.8. The lowest BCUT2D eigenvalue weighted by atomic mass is 10.1. The highest BCUT2D eigenvalue weighted by molar-refractivity contribution is 5.88. The SMILES string of the molecule is CC(=O)Nc1cccc(C(C)NCc2ccccn2)c1. The van der Waals surface area contributed by atoms with E-state index in [0.717, 1.165) is 16.9 Å². The number of benzene rings is 1. The van der Waals surface area contributed by atoms with Gasteiger partial charge in [-0.25, -0.2) is 0 Å².